The Balaban J connectivity index is 2.35. The molecule has 2 heteroatoms. The van der Waals surface area contributed by atoms with Gasteiger partial charge in [0.15, 0.2) is 0 Å². The minimum absolute atomic E-state index is 0.218. The van der Waals surface area contributed by atoms with Crippen molar-refractivity contribution in [2.45, 2.75) is 36.9 Å². The third kappa shape index (κ3) is 2.01. The van der Waals surface area contributed by atoms with Gasteiger partial charge >= 0.3 is 0 Å². The normalized spacial score (nSPS) is 45.0. The average molecular weight is 167 g/mol. The van der Waals surface area contributed by atoms with E-state index in [1.165, 1.54) is 6.42 Å². The molecular weight excluding hydrogens is 155 g/mol. The van der Waals surface area contributed by atoms with Crippen molar-refractivity contribution in [3.8, 4) is 0 Å². The summed E-state index contributed by atoms with van der Waals surface area (Å²) in [6.07, 6.45) is 3.43. The van der Waals surface area contributed by atoms with E-state index in [-0.39, 0.29) is 10.8 Å². The summed E-state index contributed by atoms with van der Waals surface area (Å²) in [5, 5.41) is 0.443. The Morgan fingerprint density at radius 1 is 1.11 bits per heavy atom. The van der Waals surface area contributed by atoms with Crippen LogP contribution in [0.25, 0.3) is 0 Å². The molecule has 0 spiro atoms. The lowest BCUT2D eigenvalue weighted by molar-refractivity contribution is 0.395. The fraction of sp³-hybridized carbons (Fsp3) is 1.00. The molecule has 0 aromatic rings. The first-order valence-electron chi connectivity index (χ1n) is 3.48. The van der Waals surface area contributed by atoms with E-state index in [2.05, 4.69) is 6.92 Å². The smallest absolute Gasteiger partial charge is 0.0502 e. The summed E-state index contributed by atoms with van der Waals surface area (Å²) in [6, 6.07) is 0. The van der Waals surface area contributed by atoms with Gasteiger partial charge in [0.05, 0.1) is 5.38 Å². The summed E-state index contributed by atoms with van der Waals surface area (Å²) in [4.78, 5) is 0. The fourth-order valence-corrected chi connectivity index (χ4v) is 1.93. The molecule has 0 nitrogen and oxygen atoms in total. The van der Waals surface area contributed by atoms with Crippen LogP contribution < -0.4 is 0 Å². The molecule has 1 aliphatic rings. The predicted molar refractivity (Wildman–Crippen MR) is 42.3 cm³/mol. The van der Waals surface area contributed by atoms with Crippen LogP contribution >= 0.6 is 23.2 Å². The van der Waals surface area contributed by atoms with Gasteiger partial charge in [0.25, 0.3) is 0 Å². The highest BCUT2D eigenvalue weighted by Crippen LogP contribution is 2.30. The van der Waals surface area contributed by atoms with E-state index in [0.717, 1.165) is 18.8 Å². The van der Waals surface area contributed by atoms with Crippen LogP contribution in [0.2, 0.25) is 0 Å². The zero-order chi connectivity index (χ0) is 6.85. The van der Waals surface area contributed by atoms with Gasteiger partial charge in [0, 0.05) is 5.38 Å². The van der Waals surface area contributed by atoms with Crippen LogP contribution in [0.4, 0.5) is 0 Å². The molecule has 0 aromatic carbocycles. The molecule has 0 aliphatic heterocycles. The van der Waals surface area contributed by atoms with Gasteiger partial charge in [-0.2, -0.15) is 0 Å². The largest absolute Gasteiger partial charge is 0.121 e. The van der Waals surface area contributed by atoms with Crippen molar-refractivity contribution < 1.29 is 0 Å². The maximum atomic E-state index is 5.93. The van der Waals surface area contributed by atoms with Crippen molar-refractivity contribution in [2.75, 3.05) is 0 Å². The molecule has 0 heterocycles. The SMILES string of the molecule is CC1CCC(Cl)C(Cl)C1. The first-order chi connectivity index (χ1) is 4.20. The molecule has 0 aromatic heterocycles. The lowest BCUT2D eigenvalue weighted by atomic mass is 9.90. The summed E-state index contributed by atoms with van der Waals surface area (Å²) in [6.45, 7) is 2.23. The van der Waals surface area contributed by atoms with E-state index in [4.69, 9.17) is 23.2 Å². The number of halogens is 2. The summed E-state index contributed by atoms with van der Waals surface area (Å²) >= 11 is 11.8. The summed E-state index contributed by atoms with van der Waals surface area (Å²) in [5.41, 5.74) is 0. The van der Waals surface area contributed by atoms with Crippen LogP contribution in [-0.4, -0.2) is 10.8 Å². The van der Waals surface area contributed by atoms with Crippen molar-refractivity contribution in [3.05, 3.63) is 0 Å². The number of hydrogen-bond donors (Lipinski definition) is 0. The molecule has 3 unspecified atom stereocenters. The van der Waals surface area contributed by atoms with Gasteiger partial charge in [0.2, 0.25) is 0 Å². The molecule has 1 aliphatic carbocycles. The molecule has 1 fully saturated rings. The Hall–Kier alpha value is 0.580. The topological polar surface area (TPSA) is 0 Å². The molecule has 1 rings (SSSR count). The van der Waals surface area contributed by atoms with Crippen molar-refractivity contribution in [1.82, 2.24) is 0 Å². The average Bonchev–Trinajstić information content (AvgIpc) is 1.80. The lowest BCUT2D eigenvalue weighted by Gasteiger charge is -2.26. The quantitative estimate of drug-likeness (QED) is 0.486. The fourth-order valence-electron chi connectivity index (χ4n) is 1.27. The van der Waals surface area contributed by atoms with Crippen LogP contribution in [0.15, 0.2) is 0 Å². The minimum Gasteiger partial charge on any atom is -0.121 e. The Morgan fingerprint density at radius 3 is 2.22 bits per heavy atom. The highest BCUT2D eigenvalue weighted by Gasteiger charge is 2.24. The van der Waals surface area contributed by atoms with Crippen LogP contribution in [0.5, 0.6) is 0 Å². The number of alkyl halides is 2. The number of hydrogen-bond acceptors (Lipinski definition) is 0. The van der Waals surface area contributed by atoms with Crippen molar-refractivity contribution in [1.29, 1.82) is 0 Å². The molecule has 0 saturated heterocycles. The second-order valence-electron chi connectivity index (χ2n) is 2.95. The molecule has 0 N–H and O–H groups in total. The summed E-state index contributed by atoms with van der Waals surface area (Å²) in [5.74, 6) is 0.780. The number of rotatable bonds is 0. The predicted octanol–water partition coefficient (Wildman–Crippen LogP) is 3.02. The zero-order valence-corrected chi connectivity index (χ0v) is 7.12. The van der Waals surface area contributed by atoms with Gasteiger partial charge in [-0.05, 0) is 25.2 Å². The molecular formula is C7H12Cl2. The van der Waals surface area contributed by atoms with E-state index >= 15 is 0 Å². The van der Waals surface area contributed by atoms with E-state index in [9.17, 15) is 0 Å². The highest BCUT2D eigenvalue weighted by molar-refractivity contribution is 6.30. The maximum Gasteiger partial charge on any atom is 0.0502 e. The van der Waals surface area contributed by atoms with E-state index in [0.29, 0.717) is 0 Å². The molecule has 1 saturated carbocycles. The molecule has 54 valence electrons. The second-order valence-corrected chi connectivity index (χ2v) is 4.07. The summed E-state index contributed by atoms with van der Waals surface area (Å²) in [7, 11) is 0. The van der Waals surface area contributed by atoms with Gasteiger partial charge in [-0.3, -0.25) is 0 Å². The Kier molecular flexibility index (Phi) is 2.66. The first-order valence-corrected chi connectivity index (χ1v) is 4.35. The van der Waals surface area contributed by atoms with Crippen LogP contribution in [-0.2, 0) is 0 Å². The van der Waals surface area contributed by atoms with Crippen molar-refractivity contribution in [3.63, 3.8) is 0 Å². The Morgan fingerprint density at radius 2 is 1.78 bits per heavy atom. The van der Waals surface area contributed by atoms with Gasteiger partial charge in [-0.1, -0.05) is 6.92 Å². The minimum atomic E-state index is 0.218. The van der Waals surface area contributed by atoms with E-state index in [1.807, 2.05) is 0 Å². The third-order valence-corrected chi connectivity index (χ3v) is 3.09. The highest BCUT2D eigenvalue weighted by atomic mass is 35.5. The molecule has 3 atom stereocenters. The van der Waals surface area contributed by atoms with E-state index in [1.54, 1.807) is 0 Å². The molecule has 0 bridgehead atoms. The van der Waals surface area contributed by atoms with Gasteiger partial charge in [-0.25, -0.2) is 0 Å². The molecule has 9 heavy (non-hydrogen) atoms. The maximum absolute atomic E-state index is 5.93. The van der Waals surface area contributed by atoms with Gasteiger partial charge in [0.1, 0.15) is 0 Å². The summed E-state index contributed by atoms with van der Waals surface area (Å²) < 4.78 is 0. The van der Waals surface area contributed by atoms with Crippen LogP contribution in [0, 0.1) is 5.92 Å². The Bertz CT molecular complexity index is 92.9. The van der Waals surface area contributed by atoms with Crippen molar-refractivity contribution >= 4 is 23.2 Å². The monoisotopic (exact) mass is 166 g/mol. The zero-order valence-electron chi connectivity index (χ0n) is 5.61. The molecule has 0 radical (unpaired) electrons. The standard InChI is InChI=1S/C7H12Cl2/c1-5-2-3-6(8)7(9)4-5/h5-7H,2-4H2,1H3. The van der Waals surface area contributed by atoms with Crippen LogP contribution in [0.3, 0.4) is 0 Å². The lowest BCUT2D eigenvalue weighted by Crippen LogP contribution is -2.24. The molecule has 0 amide bonds. The third-order valence-electron chi connectivity index (χ3n) is 1.96. The second kappa shape index (κ2) is 3.12. The van der Waals surface area contributed by atoms with Crippen molar-refractivity contribution in [2.24, 2.45) is 5.92 Å². The van der Waals surface area contributed by atoms with Gasteiger partial charge < -0.3 is 0 Å². The first kappa shape index (κ1) is 7.68. The van der Waals surface area contributed by atoms with Gasteiger partial charge in [-0.15, -0.1) is 23.2 Å². The van der Waals surface area contributed by atoms with E-state index < -0.39 is 0 Å². The van der Waals surface area contributed by atoms with Crippen LogP contribution in [0.1, 0.15) is 26.2 Å². The Labute approximate surface area is 66.5 Å².